The largest absolute Gasteiger partial charge is 0.508 e. The summed E-state index contributed by atoms with van der Waals surface area (Å²) in [5.41, 5.74) is 45.1. The Kier molecular flexibility index (Phi) is 43.2. The van der Waals surface area contributed by atoms with Gasteiger partial charge in [-0.15, -0.1) is 0 Å². The normalized spacial score (nSPS) is 15.0. The molecule has 0 aliphatic heterocycles. The number of carbonyl (C=O) groups excluding carboxylic acids is 14. The first-order chi connectivity index (χ1) is 52.6. The molecule has 0 saturated heterocycles. The number of carboxylic acid groups (broad SMARTS) is 1. The van der Waals surface area contributed by atoms with Crippen LogP contribution in [0.3, 0.4) is 0 Å². The second kappa shape index (κ2) is 50.2. The number of guanidine groups is 2. The molecule has 42 heteroatoms. The van der Waals surface area contributed by atoms with Crippen LogP contribution in [-0.2, 0) is 75.2 Å². The number of rotatable bonds is 52. The van der Waals surface area contributed by atoms with Crippen molar-refractivity contribution in [3.05, 3.63) is 65.7 Å². The van der Waals surface area contributed by atoms with Gasteiger partial charge in [0.1, 0.15) is 66.2 Å². The predicted octanol–water partition coefficient (Wildman–Crippen LogP) is -6.93. The van der Waals surface area contributed by atoms with E-state index in [2.05, 4.69) is 73.8 Å². The van der Waals surface area contributed by atoms with Crippen molar-refractivity contribution in [2.24, 2.45) is 67.7 Å². The molecule has 0 unspecified atom stereocenters. The van der Waals surface area contributed by atoms with E-state index in [-0.39, 0.29) is 120 Å². The fraction of sp³-hybridized carbons (Fsp3) is 0.586. The lowest BCUT2D eigenvalue weighted by molar-refractivity contribution is -0.146. The van der Waals surface area contributed by atoms with Gasteiger partial charge < -0.3 is 135 Å². The molecular formula is C70H115N23O19. The maximum Gasteiger partial charge on any atom is 0.328 e. The summed E-state index contributed by atoms with van der Waals surface area (Å²) < 4.78 is 0. The van der Waals surface area contributed by atoms with Crippen molar-refractivity contribution < 1.29 is 92.3 Å². The zero-order valence-electron chi connectivity index (χ0n) is 64.1. The third-order valence-corrected chi connectivity index (χ3v) is 17.3. The van der Waals surface area contributed by atoms with E-state index >= 15 is 4.79 Å². The van der Waals surface area contributed by atoms with Gasteiger partial charge in [0.15, 0.2) is 18.0 Å². The van der Waals surface area contributed by atoms with Gasteiger partial charge in [0.05, 0.1) is 18.2 Å². The molecule has 15 atom stereocenters. The summed E-state index contributed by atoms with van der Waals surface area (Å²) in [4.78, 5) is 212. The Labute approximate surface area is 648 Å². The summed E-state index contributed by atoms with van der Waals surface area (Å²) in [5.74, 6) is -15.1. The molecule has 0 radical (unpaired) electrons. The summed E-state index contributed by atoms with van der Waals surface area (Å²) in [5, 5.41) is 72.4. The fourth-order valence-corrected chi connectivity index (χ4v) is 10.9. The van der Waals surface area contributed by atoms with Crippen molar-refractivity contribution in [3.63, 3.8) is 0 Å². The topological polar surface area (TPSA) is 726 Å². The van der Waals surface area contributed by atoms with E-state index in [9.17, 15) is 87.5 Å². The Morgan fingerprint density at radius 3 is 1.24 bits per heavy atom. The lowest BCUT2D eigenvalue weighted by Crippen LogP contribution is -2.62. The minimum absolute atomic E-state index is 0.0296. The average molecular weight is 1580 g/mol. The van der Waals surface area contributed by atoms with Crippen molar-refractivity contribution >= 4 is 101 Å². The molecule has 2 rings (SSSR count). The number of nitrogens with one attached hydrogen (secondary N) is 13. The molecule has 2 aromatic rings. The van der Waals surface area contributed by atoms with Crippen molar-refractivity contribution in [1.82, 2.24) is 69.1 Å². The Morgan fingerprint density at radius 2 is 0.786 bits per heavy atom. The Bertz CT molecular complexity index is 3530. The second-order valence-electron chi connectivity index (χ2n) is 27.4. The SMILES string of the molecule is CC[C@H](C)[C@H](NC(=O)[C@H](Cc1ccccc1)NC(=O)[C@H](Cc1ccc(O)cc1)NC(=O)[C@H](CC(C)C)NC(=O)[C@@H](N)CCCN=C(N)N)C(=O)N[C@@H](CCCNC(N)=O)C(=O)N[C@@H](CCCNC(N)=O)C(=O)N[C@@H](CCCN=C(N)N)C(=O)N[C@@H](C)C(=O)N[C@@H](CCC(N)=O)C(=O)N[C@H](C(=O)N[C@H](C(=O)O)[C@@H](C)O)[C@@H](C)O. The predicted molar refractivity (Wildman–Crippen MR) is 409 cm³/mol. The highest BCUT2D eigenvalue weighted by molar-refractivity contribution is 6.00. The molecule has 0 fully saturated rings. The number of urea groups is 2. The average Bonchev–Trinajstić information content (AvgIpc) is 0.850. The molecule has 0 spiro atoms. The van der Waals surface area contributed by atoms with E-state index in [0.717, 1.165) is 20.8 Å². The van der Waals surface area contributed by atoms with Crippen molar-refractivity contribution in [2.45, 2.75) is 223 Å². The van der Waals surface area contributed by atoms with Crippen LogP contribution in [0, 0.1) is 11.8 Å². The smallest absolute Gasteiger partial charge is 0.328 e. The van der Waals surface area contributed by atoms with Gasteiger partial charge in [-0.3, -0.25) is 67.5 Å². The number of phenolic OH excluding ortho intramolecular Hbond substituents is 1. The number of carbonyl (C=O) groups is 15. The van der Waals surface area contributed by atoms with Crippen molar-refractivity contribution in [1.29, 1.82) is 0 Å². The van der Waals surface area contributed by atoms with Gasteiger partial charge >= 0.3 is 18.0 Å². The molecule has 16 amide bonds. The first-order valence-electron chi connectivity index (χ1n) is 36.6. The van der Waals surface area contributed by atoms with Gasteiger partial charge in [0, 0.05) is 45.4 Å². The Morgan fingerprint density at radius 1 is 0.411 bits per heavy atom. The number of aromatic hydroxyl groups is 1. The number of benzene rings is 2. The van der Waals surface area contributed by atoms with Gasteiger partial charge in [0.2, 0.25) is 70.9 Å². The molecule has 2 aromatic carbocycles. The van der Waals surface area contributed by atoms with Crippen LogP contribution in [0.5, 0.6) is 5.75 Å². The van der Waals surface area contributed by atoms with E-state index in [1.165, 1.54) is 24.3 Å². The van der Waals surface area contributed by atoms with Crippen molar-refractivity contribution in [2.75, 3.05) is 26.2 Å². The minimum Gasteiger partial charge on any atom is -0.508 e. The van der Waals surface area contributed by atoms with Crippen LogP contribution in [0.4, 0.5) is 9.59 Å². The molecule has 0 saturated carbocycles. The number of primary amides is 3. The number of aliphatic hydroxyl groups excluding tert-OH is 2. The highest BCUT2D eigenvalue weighted by Crippen LogP contribution is 2.17. The van der Waals surface area contributed by atoms with Gasteiger partial charge in [-0.25, -0.2) is 14.4 Å². The number of nitrogens with two attached hydrogens (primary N) is 8. The van der Waals surface area contributed by atoms with E-state index in [1.54, 1.807) is 58.0 Å². The summed E-state index contributed by atoms with van der Waals surface area (Å²) in [7, 11) is 0. The number of hydrogen-bond acceptors (Lipinski definition) is 21. The zero-order chi connectivity index (χ0) is 84.5. The Balaban J connectivity index is 2.69. The first-order valence-corrected chi connectivity index (χ1v) is 36.6. The molecular weight excluding hydrogens is 1470 g/mol. The number of aliphatic hydroxyl groups is 2. The van der Waals surface area contributed by atoms with Crippen LogP contribution in [0.1, 0.15) is 137 Å². The molecule has 0 aromatic heterocycles. The lowest BCUT2D eigenvalue weighted by atomic mass is 9.96. The summed E-state index contributed by atoms with van der Waals surface area (Å²) in [6, 6.07) is -6.54. The van der Waals surface area contributed by atoms with Gasteiger partial charge in [-0.05, 0) is 120 Å². The van der Waals surface area contributed by atoms with Crippen LogP contribution >= 0.6 is 0 Å². The van der Waals surface area contributed by atoms with E-state index in [0.29, 0.717) is 17.5 Å². The molecule has 624 valence electrons. The minimum atomic E-state index is -1.90. The molecule has 0 heterocycles. The highest BCUT2D eigenvalue weighted by atomic mass is 16.4. The van der Waals surface area contributed by atoms with Crippen LogP contribution in [0.15, 0.2) is 64.6 Å². The van der Waals surface area contributed by atoms with E-state index in [4.69, 9.17) is 45.9 Å². The number of phenols is 1. The molecule has 0 aliphatic rings. The summed E-state index contributed by atoms with van der Waals surface area (Å²) >= 11 is 0. The number of nitrogens with zero attached hydrogens (tertiary/aromatic N) is 2. The number of amides is 16. The number of carboxylic acids is 1. The molecule has 112 heavy (non-hydrogen) atoms. The Hall–Kier alpha value is -11.7. The highest BCUT2D eigenvalue weighted by Gasteiger charge is 2.39. The first kappa shape index (κ1) is 96.4. The van der Waals surface area contributed by atoms with Crippen molar-refractivity contribution in [3.8, 4) is 5.75 Å². The van der Waals surface area contributed by atoms with E-state index < -0.39 is 192 Å². The third kappa shape index (κ3) is 37.6. The molecule has 33 N–H and O–H groups in total. The molecule has 42 nitrogen and oxygen atoms in total. The molecule has 0 aliphatic carbocycles. The van der Waals surface area contributed by atoms with Crippen LogP contribution in [0.2, 0.25) is 0 Å². The maximum atomic E-state index is 15.0. The van der Waals surface area contributed by atoms with E-state index in [1.807, 2.05) is 5.32 Å². The molecule has 0 bridgehead atoms. The van der Waals surface area contributed by atoms with Crippen LogP contribution in [-0.4, -0.2) is 232 Å². The zero-order valence-corrected chi connectivity index (χ0v) is 64.1. The van der Waals surface area contributed by atoms with Crippen LogP contribution < -0.4 is 115 Å². The third-order valence-electron chi connectivity index (χ3n) is 17.3. The fourth-order valence-electron chi connectivity index (χ4n) is 10.9. The lowest BCUT2D eigenvalue weighted by Gasteiger charge is -2.30. The standard InChI is InChI=1S/C70H115N23O19/c1-8-36(4)52(91-63(106)50(33-40-16-10-9-11-17-40)90-62(105)49(34-41-22-24-42(96)25-23-41)89-61(104)48(32-35(2)3)88-56(99)43(71)18-12-28-79-67(73)74)64(107)87-46(21-15-31-82-70(78)112)59(102)86-45(20-14-30-81-69(77)111)58(101)85-44(19-13-29-80-68(75)76)57(100)83-37(5)55(98)84-47(26-27-51(72)97)60(103)92-53(38(6)94)65(108)93-54(39(7)95)66(109)110/h9-11,16-17,22-25,35-39,43-50,52-54,94-96H,8,12-15,18-21,26-34,71H2,1-7H3,(H2,72,97)(H,83,100)(H,84,98)(H,85,101)(H,86,102)(H,87,107)(H,88,99)(H,89,104)(H,90,105)(H,91,106)(H,92,103)(H,93,108)(H,109,110)(H4,73,74,79)(H4,75,76,80)(H3,77,81,111)(H3,78,82,112)/t36-,37-,38+,39+,43-,44-,45-,46-,47-,48-,49-,50-,52-,53-,54-/m0/s1. The van der Waals surface area contributed by atoms with Gasteiger partial charge in [-0.2, -0.15) is 0 Å². The number of hydrogen-bond donors (Lipinski definition) is 25. The monoisotopic (exact) mass is 1580 g/mol. The maximum absolute atomic E-state index is 15.0. The number of aliphatic imine (C=N–C) groups is 2. The second-order valence-corrected chi connectivity index (χ2v) is 27.4. The van der Waals surface area contributed by atoms with Gasteiger partial charge in [0.25, 0.3) is 0 Å². The number of aliphatic carboxylic acids is 1. The summed E-state index contributed by atoms with van der Waals surface area (Å²) in [6.45, 7) is 9.94. The quantitative estimate of drug-likeness (QED) is 0.0166. The summed E-state index contributed by atoms with van der Waals surface area (Å²) in [6.07, 6.45) is -5.12. The van der Waals surface area contributed by atoms with Gasteiger partial charge in [-0.1, -0.05) is 76.6 Å². The van der Waals surface area contributed by atoms with Crippen LogP contribution in [0.25, 0.3) is 0 Å².